The molecule has 0 spiro atoms. The van der Waals surface area contributed by atoms with Crippen molar-refractivity contribution in [3.05, 3.63) is 0 Å². The van der Waals surface area contributed by atoms with Crippen molar-refractivity contribution in [3.63, 3.8) is 0 Å². The molecule has 1 heterocycles. The van der Waals surface area contributed by atoms with Crippen LogP contribution in [-0.2, 0) is 4.74 Å². The van der Waals surface area contributed by atoms with Crippen LogP contribution in [0.5, 0.6) is 0 Å². The number of nitrogens with zero attached hydrogens (tertiary/aromatic N) is 1. The Hall–Kier alpha value is -0.200. The topological polar surface area (TPSA) is 73.2 Å². The van der Waals surface area contributed by atoms with E-state index in [0.29, 0.717) is 13.2 Å². The van der Waals surface area contributed by atoms with Crippen molar-refractivity contribution >= 4 is 0 Å². The minimum Gasteiger partial charge on any atom is -0.395 e. The van der Waals surface area contributed by atoms with E-state index in [1.807, 2.05) is 4.90 Å². The van der Waals surface area contributed by atoms with Crippen molar-refractivity contribution in [2.24, 2.45) is 0 Å². The number of piperidine rings is 1. The predicted octanol–water partition coefficient (Wildman–Crippen LogP) is 0.370. The molecule has 4 atom stereocenters. The van der Waals surface area contributed by atoms with Crippen LogP contribution in [0.3, 0.4) is 0 Å². The molecule has 0 aliphatic carbocycles. The van der Waals surface area contributed by atoms with Crippen molar-refractivity contribution in [3.8, 4) is 0 Å². The van der Waals surface area contributed by atoms with Gasteiger partial charge in [0.05, 0.1) is 18.8 Å². The summed E-state index contributed by atoms with van der Waals surface area (Å²) in [7, 11) is 0. The van der Waals surface area contributed by atoms with Gasteiger partial charge in [-0.25, -0.2) is 0 Å². The molecule has 0 saturated carbocycles. The molecule has 5 nitrogen and oxygen atoms in total. The largest absolute Gasteiger partial charge is 0.395 e. The fourth-order valence-corrected chi connectivity index (χ4v) is 2.51. The summed E-state index contributed by atoms with van der Waals surface area (Å²) in [5.74, 6) is 0. The predicted molar refractivity (Wildman–Crippen MR) is 74.0 cm³/mol. The molecule has 1 aliphatic heterocycles. The quantitative estimate of drug-likeness (QED) is 0.558. The maximum Gasteiger partial charge on any atom is 0.109 e. The van der Waals surface area contributed by atoms with Crippen LogP contribution in [0.25, 0.3) is 0 Å². The minimum atomic E-state index is -0.942. The lowest BCUT2D eigenvalue weighted by molar-refractivity contribution is -0.163. The maximum atomic E-state index is 10.1. The highest BCUT2D eigenvalue weighted by Crippen LogP contribution is 2.21. The molecule has 0 aromatic rings. The Morgan fingerprint density at radius 3 is 2.37 bits per heavy atom. The van der Waals surface area contributed by atoms with E-state index in [2.05, 4.69) is 13.8 Å². The zero-order chi connectivity index (χ0) is 14.3. The fourth-order valence-electron chi connectivity index (χ4n) is 2.51. The van der Waals surface area contributed by atoms with E-state index in [1.54, 1.807) is 0 Å². The molecule has 0 unspecified atom stereocenters. The first-order chi connectivity index (χ1) is 9.15. The summed E-state index contributed by atoms with van der Waals surface area (Å²) < 4.78 is 5.68. The van der Waals surface area contributed by atoms with Gasteiger partial charge < -0.3 is 20.1 Å². The van der Waals surface area contributed by atoms with E-state index in [4.69, 9.17) is 4.74 Å². The Morgan fingerprint density at radius 1 is 1.11 bits per heavy atom. The van der Waals surface area contributed by atoms with Crippen LogP contribution >= 0.6 is 0 Å². The number of ether oxygens (including phenoxy) is 1. The van der Waals surface area contributed by atoms with Crippen molar-refractivity contribution in [1.29, 1.82) is 0 Å². The molecule has 1 rings (SSSR count). The molecule has 19 heavy (non-hydrogen) atoms. The first-order valence-corrected chi connectivity index (χ1v) is 7.48. The lowest BCUT2D eigenvalue weighted by Crippen LogP contribution is -2.63. The standard InChI is InChI=1S/C14H29NO4/c1-3-5-7-15-9-12(19-8-6-4-2)14(18)13(17)11(15)10-16/h11-14,16-18H,3-10H2,1-2H3/t11-,12+,13-,14-/m1/s1. The SMILES string of the molecule is CCCCO[C@H]1CN(CCCC)[C@H](CO)[C@@H](O)[C@@H]1O. The average molecular weight is 275 g/mol. The average Bonchev–Trinajstić information content (AvgIpc) is 2.41. The summed E-state index contributed by atoms with van der Waals surface area (Å²) >= 11 is 0. The normalized spacial score (nSPS) is 32.7. The van der Waals surface area contributed by atoms with Crippen LogP contribution < -0.4 is 0 Å². The first kappa shape index (κ1) is 16.9. The van der Waals surface area contributed by atoms with Gasteiger partial charge in [-0.2, -0.15) is 0 Å². The van der Waals surface area contributed by atoms with E-state index in [0.717, 1.165) is 32.2 Å². The van der Waals surface area contributed by atoms with Gasteiger partial charge in [0.15, 0.2) is 0 Å². The van der Waals surface area contributed by atoms with E-state index < -0.39 is 12.2 Å². The van der Waals surface area contributed by atoms with Crippen molar-refractivity contribution in [1.82, 2.24) is 4.90 Å². The van der Waals surface area contributed by atoms with Crippen LogP contribution in [0.1, 0.15) is 39.5 Å². The van der Waals surface area contributed by atoms with E-state index in [1.165, 1.54) is 0 Å². The van der Waals surface area contributed by atoms with Gasteiger partial charge in [0.2, 0.25) is 0 Å². The van der Waals surface area contributed by atoms with E-state index in [9.17, 15) is 15.3 Å². The number of aliphatic hydroxyl groups excluding tert-OH is 3. The summed E-state index contributed by atoms with van der Waals surface area (Å²) in [5.41, 5.74) is 0. The van der Waals surface area contributed by atoms with Crippen LogP contribution in [0.15, 0.2) is 0 Å². The fraction of sp³-hybridized carbons (Fsp3) is 1.00. The minimum absolute atomic E-state index is 0.135. The molecule has 0 radical (unpaired) electrons. The first-order valence-electron chi connectivity index (χ1n) is 7.48. The van der Waals surface area contributed by atoms with Crippen molar-refractivity contribution in [2.45, 2.75) is 63.9 Å². The molecule has 1 fully saturated rings. The zero-order valence-corrected chi connectivity index (χ0v) is 12.2. The molecule has 0 aromatic heterocycles. The zero-order valence-electron chi connectivity index (χ0n) is 12.2. The van der Waals surface area contributed by atoms with Gasteiger partial charge in [0.25, 0.3) is 0 Å². The Balaban J connectivity index is 2.58. The Kier molecular flexibility index (Phi) is 7.87. The van der Waals surface area contributed by atoms with Gasteiger partial charge in [0, 0.05) is 13.2 Å². The van der Waals surface area contributed by atoms with Gasteiger partial charge >= 0.3 is 0 Å². The summed E-state index contributed by atoms with van der Waals surface area (Å²) in [4.78, 5) is 2.04. The monoisotopic (exact) mass is 275 g/mol. The molecule has 0 bridgehead atoms. The van der Waals surface area contributed by atoms with Crippen LogP contribution in [0, 0.1) is 0 Å². The third kappa shape index (κ3) is 4.68. The highest BCUT2D eigenvalue weighted by atomic mass is 16.5. The molecular weight excluding hydrogens is 246 g/mol. The number of rotatable bonds is 8. The van der Waals surface area contributed by atoms with Gasteiger partial charge in [-0.1, -0.05) is 26.7 Å². The summed E-state index contributed by atoms with van der Waals surface area (Å²) in [5, 5.41) is 29.6. The van der Waals surface area contributed by atoms with E-state index >= 15 is 0 Å². The Morgan fingerprint density at radius 2 is 1.79 bits per heavy atom. The second kappa shape index (κ2) is 8.87. The highest BCUT2D eigenvalue weighted by molar-refractivity contribution is 4.94. The third-order valence-corrected chi connectivity index (χ3v) is 3.82. The molecule has 1 aliphatic rings. The smallest absolute Gasteiger partial charge is 0.109 e. The number of hydrogen-bond donors (Lipinski definition) is 3. The number of likely N-dealkylation sites (tertiary alicyclic amines) is 1. The summed E-state index contributed by atoms with van der Waals surface area (Å²) in [6, 6.07) is -0.382. The molecule has 5 heteroatoms. The van der Waals surface area contributed by atoms with Crippen molar-refractivity contribution < 1.29 is 20.1 Å². The molecule has 114 valence electrons. The van der Waals surface area contributed by atoms with Gasteiger partial charge in [-0.05, 0) is 19.4 Å². The summed E-state index contributed by atoms with van der Waals surface area (Å²) in [6.45, 7) is 6.07. The second-order valence-electron chi connectivity index (χ2n) is 5.34. The molecule has 0 aromatic carbocycles. The molecular formula is C14H29NO4. The van der Waals surface area contributed by atoms with Crippen molar-refractivity contribution in [2.75, 3.05) is 26.3 Å². The number of aliphatic hydroxyl groups is 3. The van der Waals surface area contributed by atoms with Crippen LogP contribution in [0.2, 0.25) is 0 Å². The van der Waals surface area contributed by atoms with Gasteiger partial charge in [-0.15, -0.1) is 0 Å². The highest BCUT2D eigenvalue weighted by Gasteiger charge is 2.41. The lowest BCUT2D eigenvalue weighted by atomic mass is 9.93. The lowest BCUT2D eigenvalue weighted by Gasteiger charge is -2.44. The third-order valence-electron chi connectivity index (χ3n) is 3.82. The molecule has 0 amide bonds. The van der Waals surface area contributed by atoms with Gasteiger partial charge in [-0.3, -0.25) is 4.90 Å². The molecule has 3 N–H and O–H groups in total. The Bertz CT molecular complexity index is 239. The molecule has 1 saturated heterocycles. The Labute approximate surface area is 116 Å². The van der Waals surface area contributed by atoms with E-state index in [-0.39, 0.29) is 18.8 Å². The maximum absolute atomic E-state index is 10.1. The summed E-state index contributed by atoms with van der Waals surface area (Å²) in [6.07, 6.45) is 1.87. The van der Waals surface area contributed by atoms with Crippen LogP contribution in [0.4, 0.5) is 0 Å². The van der Waals surface area contributed by atoms with Gasteiger partial charge in [0.1, 0.15) is 12.2 Å². The van der Waals surface area contributed by atoms with Crippen LogP contribution in [-0.4, -0.2) is 70.9 Å². The second-order valence-corrected chi connectivity index (χ2v) is 5.34. The number of unbranched alkanes of at least 4 members (excludes halogenated alkanes) is 2. The number of hydrogen-bond acceptors (Lipinski definition) is 5.